The molecular formula is C22H18O2. The zero-order valence-corrected chi connectivity index (χ0v) is 13.8. The molecule has 0 unspecified atom stereocenters. The Morgan fingerprint density at radius 1 is 0.958 bits per heavy atom. The molecule has 0 aliphatic rings. The predicted molar refractivity (Wildman–Crippen MR) is 99.5 cm³/mol. The first-order chi connectivity index (χ1) is 11.7. The zero-order valence-electron chi connectivity index (χ0n) is 13.8. The quantitative estimate of drug-likeness (QED) is 0.458. The van der Waals surface area contributed by atoms with Crippen molar-refractivity contribution in [3.63, 3.8) is 0 Å². The Bertz CT molecular complexity index is 1110. The molecule has 4 rings (SSSR count). The normalized spacial score (nSPS) is 11.2. The Hall–Kier alpha value is -2.87. The van der Waals surface area contributed by atoms with E-state index in [1.54, 1.807) is 0 Å². The van der Waals surface area contributed by atoms with Crippen LogP contribution in [0.25, 0.3) is 33.1 Å². The largest absolute Gasteiger partial charge is 0.456 e. The Labute approximate surface area is 140 Å². The minimum atomic E-state index is 0.0384. The van der Waals surface area contributed by atoms with E-state index in [0.29, 0.717) is 21.9 Å². The van der Waals surface area contributed by atoms with Gasteiger partial charge in [-0.2, -0.15) is 0 Å². The van der Waals surface area contributed by atoms with Crippen molar-refractivity contribution >= 4 is 21.9 Å². The lowest BCUT2D eigenvalue weighted by atomic mass is 9.93. The van der Waals surface area contributed by atoms with E-state index in [1.165, 1.54) is 5.56 Å². The third-order valence-electron chi connectivity index (χ3n) is 4.67. The molecule has 4 aromatic rings. The van der Waals surface area contributed by atoms with Gasteiger partial charge in [-0.05, 0) is 53.8 Å². The predicted octanol–water partition coefficient (Wildman–Crippen LogP) is 5.48. The fourth-order valence-corrected chi connectivity index (χ4v) is 3.36. The summed E-state index contributed by atoms with van der Waals surface area (Å²) in [4.78, 5) is 13.2. The van der Waals surface area contributed by atoms with E-state index in [9.17, 15) is 4.79 Å². The van der Waals surface area contributed by atoms with Gasteiger partial charge in [0, 0.05) is 0 Å². The second-order valence-corrected chi connectivity index (χ2v) is 6.06. The van der Waals surface area contributed by atoms with Crippen LogP contribution in [0.1, 0.15) is 18.1 Å². The molecule has 118 valence electrons. The molecule has 0 N–H and O–H groups in total. The van der Waals surface area contributed by atoms with Crippen LogP contribution in [0.3, 0.4) is 0 Å². The fraction of sp³-hybridized carbons (Fsp3) is 0.136. The van der Waals surface area contributed by atoms with Crippen LogP contribution < -0.4 is 5.43 Å². The van der Waals surface area contributed by atoms with Crippen molar-refractivity contribution in [2.24, 2.45) is 0 Å². The van der Waals surface area contributed by atoms with Gasteiger partial charge in [-0.15, -0.1) is 0 Å². The molecule has 2 heteroatoms. The molecule has 0 bridgehead atoms. The van der Waals surface area contributed by atoms with Gasteiger partial charge in [0.15, 0.2) is 0 Å². The van der Waals surface area contributed by atoms with Crippen molar-refractivity contribution in [2.75, 3.05) is 0 Å². The number of hydrogen-bond acceptors (Lipinski definition) is 2. The molecule has 24 heavy (non-hydrogen) atoms. The first-order valence-corrected chi connectivity index (χ1v) is 8.24. The summed E-state index contributed by atoms with van der Waals surface area (Å²) in [5.74, 6) is 0. The van der Waals surface area contributed by atoms with Crippen molar-refractivity contribution in [1.82, 2.24) is 0 Å². The lowest BCUT2D eigenvalue weighted by molar-refractivity contribution is 0.656. The molecule has 0 aliphatic carbocycles. The first kappa shape index (κ1) is 14.7. The summed E-state index contributed by atoms with van der Waals surface area (Å²) in [5, 5.41) is 1.31. The van der Waals surface area contributed by atoms with Crippen LogP contribution in [-0.2, 0) is 6.42 Å². The van der Waals surface area contributed by atoms with Gasteiger partial charge in [0.1, 0.15) is 11.2 Å². The zero-order chi connectivity index (χ0) is 16.7. The monoisotopic (exact) mass is 314 g/mol. The van der Waals surface area contributed by atoms with Crippen LogP contribution in [0.4, 0.5) is 0 Å². The molecule has 3 aromatic carbocycles. The maximum atomic E-state index is 13.2. The summed E-state index contributed by atoms with van der Waals surface area (Å²) in [7, 11) is 0. The summed E-state index contributed by atoms with van der Waals surface area (Å²) in [6, 6.07) is 19.7. The molecule has 1 heterocycles. The van der Waals surface area contributed by atoms with Gasteiger partial charge in [-0.1, -0.05) is 49.4 Å². The smallest absolute Gasteiger partial charge is 0.201 e. The second kappa shape index (κ2) is 5.64. The van der Waals surface area contributed by atoms with E-state index in [2.05, 4.69) is 13.0 Å². The van der Waals surface area contributed by atoms with Crippen LogP contribution in [0.5, 0.6) is 0 Å². The number of hydrogen-bond donors (Lipinski definition) is 0. The molecule has 0 spiro atoms. The highest BCUT2D eigenvalue weighted by Gasteiger charge is 2.17. The maximum Gasteiger partial charge on any atom is 0.201 e. The topological polar surface area (TPSA) is 30.2 Å². The molecule has 0 radical (unpaired) electrons. The molecule has 0 fully saturated rings. The number of para-hydroxylation sites is 1. The highest BCUT2D eigenvalue weighted by Crippen LogP contribution is 2.33. The average molecular weight is 314 g/mol. The first-order valence-electron chi connectivity index (χ1n) is 8.24. The molecule has 0 saturated carbocycles. The van der Waals surface area contributed by atoms with Gasteiger partial charge in [-0.3, -0.25) is 4.79 Å². The van der Waals surface area contributed by atoms with Gasteiger partial charge in [0.05, 0.1) is 10.8 Å². The highest BCUT2D eigenvalue weighted by molar-refractivity contribution is 6.00. The molecule has 2 nitrogen and oxygen atoms in total. The Balaban J connectivity index is 2.25. The van der Waals surface area contributed by atoms with E-state index < -0.39 is 0 Å². The Morgan fingerprint density at radius 3 is 2.42 bits per heavy atom. The Kier molecular flexibility index (Phi) is 3.46. The minimum Gasteiger partial charge on any atom is -0.456 e. The number of benzene rings is 3. The molecule has 0 saturated heterocycles. The molecule has 0 amide bonds. The van der Waals surface area contributed by atoms with E-state index in [-0.39, 0.29) is 5.43 Å². The molecule has 0 atom stereocenters. The van der Waals surface area contributed by atoms with Gasteiger partial charge in [-0.25, -0.2) is 0 Å². The molecule has 0 aliphatic heterocycles. The molecule has 1 aromatic heterocycles. The Morgan fingerprint density at radius 2 is 1.67 bits per heavy atom. The van der Waals surface area contributed by atoms with Crippen LogP contribution in [-0.4, -0.2) is 0 Å². The third-order valence-corrected chi connectivity index (χ3v) is 4.67. The number of aryl methyl sites for hydroxylation is 2. The summed E-state index contributed by atoms with van der Waals surface area (Å²) in [6.07, 6.45) is 0.901. The number of fused-ring (bicyclic) bond motifs is 2. The second-order valence-electron chi connectivity index (χ2n) is 6.06. The summed E-state index contributed by atoms with van der Waals surface area (Å²) in [6.45, 7) is 4.16. The summed E-state index contributed by atoms with van der Waals surface area (Å²) >= 11 is 0. The molecular weight excluding hydrogens is 296 g/mol. The lowest BCUT2D eigenvalue weighted by Crippen LogP contribution is -2.06. The van der Waals surface area contributed by atoms with Crippen molar-refractivity contribution < 1.29 is 4.42 Å². The van der Waals surface area contributed by atoms with Crippen LogP contribution in [0.2, 0.25) is 0 Å². The van der Waals surface area contributed by atoms with Crippen molar-refractivity contribution in [2.45, 2.75) is 20.3 Å². The van der Waals surface area contributed by atoms with Gasteiger partial charge >= 0.3 is 0 Å². The SMILES string of the molecule is CCc1cc(-c2ccccc2)c2c(=O)c3ccccc3oc2c1C. The number of rotatable bonds is 2. The van der Waals surface area contributed by atoms with E-state index in [4.69, 9.17) is 4.42 Å². The summed E-state index contributed by atoms with van der Waals surface area (Å²) < 4.78 is 6.16. The van der Waals surface area contributed by atoms with E-state index in [1.807, 2.05) is 61.5 Å². The third kappa shape index (κ3) is 2.15. The van der Waals surface area contributed by atoms with Gasteiger partial charge < -0.3 is 4.42 Å². The highest BCUT2D eigenvalue weighted by atomic mass is 16.3. The van der Waals surface area contributed by atoms with Crippen molar-refractivity contribution in [3.05, 3.63) is 82.0 Å². The van der Waals surface area contributed by atoms with Gasteiger partial charge in [0.2, 0.25) is 5.43 Å². The lowest BCUT2D eigenvalue weighted by Gasteiger charge is -2.13. The maximum absolute atomic E-state index is 13.2. The van der Waals surface area contributed by atoms with Crippen molar-refractivity contribution in [3.8, 4) is 11.1 Å². The summed E-state index contributed by atoms with van der Waals surface area (Å²) in [5.41, 5.74) is 5.64. The van der Waals surface area contributed by atoms with E-state index >= 15 is 0 Å². The standard InChI is InChI=1S/C22H18O2/c1-3-15-13-18(16-9-5-4-6-10-16)20-21(23)17-11-7-8-12-19(17)24-22(20)14(15)2/h4-13H,3H2,1-2H3. The van der Waals surface area contributed by atoms with Crippen molar-refractivity contribution in [1.29, 1.82) is 0 Å². The minimum absolute atomic E-state index is 0.0384. The van der Waals surface area contributed by atoms with Gasteiger partial charge in [0.25, 0.3) is 0 Å². The van der Waals surface area contributed by atoms with Crippen LogP contribution in [0.15, 0.2) is 69.9 Å². The fourth-order valence-electron chi connectivity index (χ4n) is 3.36. The van der Waals surface area contributed by atoms with E-state index in [0.717, 1.165) is 23.1 Å². The van der Waals surface area contributed by atoms with Crippen LogP contribution >= 0.6 is 0 Å². The average Bonchev–Trinajstić information content (AvgIpc) is 2.63. The van der Waals surface area contributed by atoms with Crippen LogP contribution in [0, 0.1) is 6.92 Å².